The molecule has 21 heavy (non-hydrogen) atoms. The Morgan fingerprint density at radius 2 is 2.29 bits per heavy atom. The van der Waals surface area contributed by atoms with Crippen LogP contribution in [-0.4, -0.2) is 48.6 Å². The summed E-state index contributed by atoms with van der Waals surface area (Å²) in [5.41, 5.74) is 1.68. The molecule has 1 aromatic heterocycles. The number of nitrogens with zero attached hydrogens (tertiary/aromatic N) is 2. The number of amides is 1. The Kier molecular flexibility index (Phi) is 5.56. The Labute approximate surface area is 126 Å². The lowest BCUT2D eigenvalue weighted by atomic mass is 10.1. The van der Waals surface area contributed by atoms with E-state index < -0.39 is 0 Å². The van der Waals surface area contributed by atoms with Crippen molar-refractivity contribution in [1.82, 2.24) is 9.88 Å². The van der Waals surface area contributed by atoms with Crippen LogP contribution >= 0.6 is 0 Å². The molecule has 5 nitrogen and oxygen atoms in total. The van der Waals surface area contributed by atoms with Gasteiger partial charge in [0, 0.05) is 31.5 Å². The molecule has 1 amide bonds. The van der Waals surface area contributed by atoms with E-state index in [1.54, 1.807) is 4.90 Å². The van der Waals surface area contributed by atoms with Gasteiger partial charge in [0.05, 0.1) is 12.6 Å². The number of nitrogens with one attached hydrogen (secondary N) is 1. The number of pyridine rings is 1. The molecule has 1 fully saturated rings. The van der Waals surface area contributed by atoms with Crippen molar-refractivity contribution in [3.63, 3.8) is 0 Å². The lowest BCUT2D eigenvalue weighted by Gasteiger charge is -2.23. The zero-order chi connectivity index (χ0) is 15.2. The number of hydrogen-bond donors (Lipinski definition) is 1. The van der Waals surface area contributed by atoms with Crippen LogP contribution in [-0.2, 0) is 11.2 Å². The lowest BCUT2D eigenvalue weighted by molar-refractivity contribution is 0.0711. The maximum atomic E-state index is 12.7. The molecule has 0 spiro atoms. The highest BCUT2D eigenvalue weighted by atomic mass is 16.5. The molecule has 0 aliphatic carbocycles. The molecule has 1 N–H and O–H groups in total. The largest absolute Gasteiger partial charge is 0.379 e. The fourth-order valence-electron chi connectivity index (χ4n) is 2.56. The first-order valence-corrected chi connectivity index (χ1v) is 7.75. The minimum Gasteiger partial charge on any atom is -0.379 e. The molecule has 0 radical (unpaired) electrons. The molecule has 1 aliphatic heterocycles. The summed E-state index contributed by atoms with van der Waals surface area (Å²) in [5, 5.41) is 3.20. The molecule has 1 aromatic rings. The normalized spacial score (nSPS) is 17.8. The average molecular weight is 291 g/mol. The summed E-state index contributed by atoms with van der Waals surface area (Å²) in [7, 11) is 1.86. The Bertz CT molecular complexity index is 460. The topological polar surface area (TPSA) is 54.5 Å². The number of aryl methyl sites for hydroxylation is 1. The van der Waals surface area contributed by atoms with E-state index in [0.717, 1.165) is 43.9 Å². The second-order valence-corrected chi connectivity index (χ2v) is 5.45. The summed E-state index contributed by atoms with van der Waals surface area (Å²) in [5.74, 6) is 0.826. The summed E-state index contributed by atoms with van der Waals surface area (Å²) in [6, 6.07) is 3.94. The van der Waals surface area contributed by atoms with Crippen LogP contribution in [0.15, 0.2) is 12.1 Å². The van der Waals surface area contributed by atoms with Gasteiger partial charge in [-0.3, -0.25) is 4.79 Å². The molecule has 1 unspecified atom stereocenters. The maximum Gasteiger partial charge on any atom is 0.254 e. The van der Waals surface area contributed by atoms with Crippen LogP contribution in [0.2, 0.25) is 0 Å². The predicted molar refractivity (Wildman–Crippen MR) is 83.7 cm³/mol. The maximum absolute atomic E-state index is 12.7. The van der Waals surface area contributed by atoms with Crippen LogP contribution in [0.25, 0.3) is 0 Å². The van der Waals surface area contributed by atoms with Crippen LogP contribution in [0.3, 0.4) is 0 Å². The molecule has 2 rings (SSSR count). The Morgan fingerprint density at radius 1 is 1.48 bits per heavy atom. The van der Waals surface area contributed by atoms with Crippen molar-refractivity contribution >= 4 is 11.7 Å². The molecular formula is C16H25N3O2. The van der Waals surface area contributed by atoms with Gasteiger partial charge in [-0.2, -0.15) is 0 Å². The Hall–Kier alpha value is -1.62. The van der Waals surface area contributed by atoms with E-state index in [9.17, 15) is 4.79 Å². The molecule has 0 bridgehead atoms. The van der Waals surface area contributed by atoms with Crippen LogP contribution < -0.4 is 5.32 Å². The first kappa shape index (κ1) is 15.8. The Balaban J connectivity index is 2.21. The fourth-order valence-corrected chi connectivity index (χ4v) is 2.56. The van der Waals surface area contributed by atoms with Crippen LogP contribution in [0.1, 0.15) is 42.7 Å². The molecule has 2 heterocycles. The predicted octanol–water partition coefficient (Wildman–Crippen LogP) is 2.33. The molecule has 116 valence electrons. The van der Waals surface area contributed by atoms with Gasteiger partial charge in [-0.25, -0.2) is 4.98 Å². The minimum atomic E-state index is 0.0457. The third kappa shape index (κ3) is 3.94. The average Bonchev–Trinajstić information content (AvgIpc) is 3.00. The number of rotatable bonds is 6. The smallest absolute Gasteiger partial charge is 0.254 e. The number of likely N-dealkylation sites (N-methyl/N-ethyl adjacent to an activating group) is 1. The monoisotopic (exact) mass is 291 g/mol. The van der Waals surface area contributed by atoms with E-state index in [1.165, 1.54) is 0 Å². The van der Waals surface area contributed by atoms with E-state index in [1.807, 2.05) is 26.1 Å². The highest BCUT2D eigenvalue weighted by Gasteiger charge is 2.25. The summed E-state index contributed by atoms with van der Waals surface area (Å²) >= 11 is 0. The van der Waals surface area contributed by atoms with Gasteiger partial charge in [0.1, 0.15) is 5.82 Å². The van der Waals surface area contributed by atoms with E-state index >= 15 is 0 Å². The zero-order valence-corrected chi connectivity index (χ0v) is 13.2. The van der Waals surface area contributed by atoms with E-state index in [4.69, 9.17) is 4.74 Å². The molecular weight excluding hydrogens is 266 g/mol. The zero-order valence-electron chi connectivity index (χ0n) is 13.2. The number of ether oxygens (including phenoxy) is 1. The number of carbonyl (C=O) groups excluding carboxylic acids is 1. The standard InChI is InChI=1S/C16H25N3O2/c1-4-6-13-9-12(10-15(18-13)17-5-2)16(20)19(3)14-7-8-21-11-14/h9-10,14H,4-8,11H2,1-3H3,(H,17,18). The first-order valence-electron chi connectivity index (χ1n) is 7.75. The Morgan fingerprint density at radius 3 is 2.90 bits per heavy atom. The molecule has 5 heteroatoms. The molecule has 1 aliphatic rings. The van der Waals surface area contributed by atoms with Crippen molar-refractivity contribution in [1.29, 1.82) is 0 Å². The van der Waals surface area contributed by atoms with Crippen molar-refractivity contribution < 1.29 is 9.53 Å². The van der Waals surface area contributed by atoms with Gasteiger partial charge >= 0.3 is 0 Å². The highest BCUT2D eigenvalue weighted by molar-refractivity contribution is 5.95. The summed E-state index contributed by atoms with van der Waals surface area (Å²) in [6.45, 7) is 6.31. The van der Waals surface area contributed by atoms with Gasteiger partial charge in [-0.05, 0) is 31.9 Å². The van der Waals surface area contributed by atoms with E-state index in [-0.39, 0.29) is 11.9 Å². The van der Waals surface area contributed by atoms with Gasteiger partial charge in [0.2, 0.25) is 0 Å². The number of aromatic nitrogens is 1. The summed E-state index contributed by atoms with van der Waals surface area (Å²) in [4.78, 5) is 19.0. The second kappa shape index (κ2) is 7.41. The van der Waals surface area contributed by atoms with Gasteiger partial charge in [0.15, 0.2) is 0 Å². The van der Waals surface area contributed by atoms with E-state index in [0.29, 0.717) is 12.2 Å². The molecule has 0 aromatic carbocycles. The number of hydrogen-bond acceptors (Lipinski definition) is 4. The SMILES string of the molecule is CCCc1cc(C(=O)N(C)C2CCOC2)cc(NCC)n1. The lowest BCUT2D eigenvalue weighted by Crippen LogP contribution is -2.37. The summed E-state index contributed by atoms with van der Waals surface area (Å²) in [6.07, 6.45) is 2.81. The van der Waals surface area contributed by atoms with Crippen molar-refractivity contribution in [2.24, 2.45) is 0 Å². The third-order valence-electron chi connectivity index (χ3n) is 3.76. The molecule has 1 saturated heterocycles. The van der Waals surface area contributed by atoms with Crippen molar-refractivity contribution in [3.8, 4) is 0 Å². The van der Waals surface area contributed by atoms with Crippen molar-refractivity contribution in [2.75, 3.05) is 32.1 Å². The highest BCUT2D eigenvalue weighted by Crippen LogP contribution is 2.17. The van der Waals surface area contributed by atoms with Crippen LogP contribution in [0.5, 0.6) is 0 Å². The van der Waals surface area contributed by atoms with Crippen LogP contribution in [0.4, 0.5) is 5.82 Å². The first-order chi connectivity index (χ1) is 10.2. The molecule has 0 saturated carbocycles. The summed E-state index contributed by atoms with van der Waals surface area (Å²) < 4.78 is 5.37. The quantitative estimate of drug-likeness (QED) is 0.874. The van der Waals surface area contributed by atoms with Crippen molar-refractivity contribution in [2.45, 2.75) is 39.2 Å². The fraction of sp³-hybridized carbons (Fsp3) is 0.625. The van der Waals surface area contributed by atoms with Gasteiger partial charge < -0.3 is 15.0 Å². The third-order valence-corrected chi connectivity index (χ3v) is 3.76. The van der Waals surface area contributed by atoms with Crippen molar-refractivity contribution in [3.05, 3.63) is 23.4 Å². The second-order valence-electron chi connectivity index (χ2n) is 5.45. The molecule has 1 atom stereocenters. The number of carbonyl (C=O) groups is 1. The van der Waals surface area contributed by atoms with Gasteiger partial charge in [-0.1, -0.05) is 13.3 Å². The van der Waals surface area contributed by atoms with Gasteiger partial charge in [0.25, 0.3) is 5.91 Å². The van der Waals surface area contributed by atoms with Gasteiger partial charge in [-0.15, -0.1) is 0 Å². The van der Waals surface area contributed by atoms with E-state index in [2.05, 4.69) is 17.2 Å². The minimum absolute atomic E-state index is 0.0457. The van der Waals surface area contributed by atoms with Crippen LogP contribution in [0, 0.1) is 0 Å². The number of anilines is 1.